The van der Waals surface area contributed by atoms with Gasteiger partial charge in [0.05, 0.1) is 6.07 Å². The molecule has 0 bridgehead atoms. The summed E-state index contributed by atoms with van der Waals surface area (Å²) in [7, 11) is 0. The lowest BCUT2D eigenvalue weighted by molar-refractivity contribution is -0.118. The Bertz CT molecular complexity index is 575. The third kappa shape index (κ3) is 2.97. The topological polar surface area (TPSA) is 73.2 Å². The second-order valence-electron chi connectivity index (χ2n) is 4.73. The molecule has 0 atom stereocenters. The Labute approximate surface area is 118 Å². The number of amides is 2. The van der Waals surface area contributed by atoms with Gasteiger partial charge >= 0.3 is 0 Å². The Hall–Kier alpha value is -2.35. The van der Waals surface area contributed by atoms with Crippen molar-refractivity contribution in [1.29, 1.82) is 5.26 Å². The minimum Gasteiger partial charge on any atom is -0.325 e. The molecule has 5 heteroatoms. The second-order valence-corrected chi connectivity index (χ2v) is 4.73. The summed E-state index contributed by atoms with van der Waals surface area (Å²) in [5, 5.41) is 11.2. The van der Waals surface area contributed by atoms with E-state index >= 15 is 0 Å². The van der Waals surface area contributed by atoms with E-state index in [0.29, 0.717) is 12.1 Å². The maximum atomic E-state index is 12.0. The zero-order valence-electron chi connectivity index (χ0n) is 11.5. The van der Waals surface area contributed by atoms with E-state index in [9.17, 15) is 9.59 Å². The van der Waals surface area contributed by atoms with E-state index in [2.05, 4.69) is 5.32 Å². The molecule has 1 N–H and O–H groups in total. The summed E-state index contributed by atoms with van der Waals surface area (Å²) in [6.45, 7) is 2.56. The van der Waals surface area contributed by atoms with Crippen molar-refractivity contribution in [1.82, 2.24) is 0 Å². The summed E-state index contributed by atoms with van der Waals surface area (Å²) >= 11 is 0. The van der Waals surface area contributed by atoms with Crippen molar-refractivity contribution in [3.63, 3.8) is 0 Å². The summed E-state index contributed by atoms with van der Waals surface area (Å²) in [5.41, 5.74) is 2.62. The number of carbonyl (C=O) groups excluding carboxylic acids is 2. The molecule has 20 heavy (non-hydrogen) atoms. The summed E-state index contributed by atoms with van der Waals surface area (Å²) in [6, 6.07) is 7.38. The van der Waals surface area contributed by atoms with Crippen molar-refractivity contribution in [3.05, 3.63) is 23.8 Å². The number of nitriles is 1. The molecule has 0 radical (unpaired) electrons. The maximum absolute atomic E-state index is 12.0. The molecule has 1 heterocycles. The van der Waals surface area contributed by atoms with Crippen LogP contribution in [0.4, 0.5) is 11.4 Å². The molecule has 5 nitrogen and oxygen atoms in total. The Morgan fingerprint density at radius 1 is 1.45 bits per heavy atom. The number of aryl methyl sites for hydroxylation is 1. The molecule has 1 aromatic carbocycles. The van der Waals surface area contributed by atoms with Gasteiger partial charge in [-0.1, -0.05) is 13.0 Å². The molecule has 0 aromatic heterocycles. The first kappa shape index (κ1) is 14.1. The molecule has 2 rings (SSSR count). The van der Waals surface area contributed by atoms with Crippen LogP contribution in [-0.4, -0.2) is 18.4 Å². The summed E-state index contributed by atoms with van der Waals surface area (Å²) in [6.07, 6.45) is 2.19. The van der Waals surface area contributed by atoms with Gasteiger partial charge in [0.2, 0.25) is 11.8 Å². The van der Waals surface area contributed by atoms with E-state index in [0.717, 1.165) is 30.6 Å². The third-order valence-electron chi connectivity index (χ3n) is 3.33. The fourth-order valence-corrected chi connectivity index (χ4v) is 2.38. The zero-order valence-corrected chi connectivity index (χ0v) is 11.5. The highest BCUT2D eigenvalue weighted by molar-refractivity contribution is 5.97. The lowest BCUT2D eigenvalue weighted by Crippen LogP contribution is -2.35. The molecule has 0 spiro atoms. The molecular weight excluding hydrogens is 254 g/mol. The highest BCUT2D eigenvalue weighted by Gasteiger charge is 2.21. The molecule has 0 unspecified atom stereocenters. The van der Waals surface area contributed by atoms with E-state index in [-0.39, 0.29) is 18.2 Å². The van der Waals surface area contributed by atoms with Crippen molar-refractivity contribution in [2.75, 3.05) is 16.8 Å². The molecule has 0 saturated heterocycles. The Morgan fingerprint density at radius 3 is 2.95 bits per heavy atom. The van der Waals surface area contributed by atoms with Crippen molar-refractivity contribution in [2.24, 2.45) is 0 Å². The van der Waals surface area contributed by atoms with Crippen LogP contribution >= 0.6 is 0 Å². The van der Waals surface area contributed by atoms with Crippen molar-refractivity contribution in [2.45, 2.75) is 32.6 Å². The first-order chi connectivity index (χ1) is 9.65. The van der Waals surface area contributed by atoms with Gasteiger partial charge in [0.25, 0.3) is 0 Å². The minimum atomic E-state index is -0.336. The molecule has 0 fully saturated rings. The quantitative estimate of drug-likeness (QED) is 0.916. The SMILES string of the molecule is CCC(=O)N1CCCc2ccc(NC(=O)CC#N)cc21. The second kappa shape index (κ2) is 6.20. The lowest BCUT2D eigenvalue weighted by Gasteiger charge is -2.29. The van der Waals surface area contributed by atoms with Crippen LogP contribution in [0.5, 0.6) is 0 Å². The van der Waals surface area contributed by atoms with E-state index in [1.165, 1.54) is 0 Å². The number of nitrogens with one attached hydrogen (secondary N) is 1. The van der Waals surface area contributed by atoms with Crippen LogP contribution in [0.25, 0.3) is 0 Å². The minimum absolute atomic E-state index is 0.0893. The Kier molecular flexibility index (Phi) is 4.36. The maximum Gasteiger partial charge on any atom is 0.238 e. The van der Waals surface area contributed by atoms with E-state index in [1.54, 1.807) is 4.90 Å². The summed E-state index contributed by atoms with van der Waals surface area (Å²) in [4.78, 5) is 25.2. The summed E-state index contributed by atoms with van der Waals surface area (Å²) in [5.74, 6) is -0.247. The number of carbonyl (C=O) groups is 2. The molecule has 104 valence electrons. The fourth-order valence-electron chi connectivity index (χ4n) is 2.38. The van der Waals surface area contributed by atoms with Crippen molar-refractivity contribution in [3.8, 4) is 6.07 Å². The van der Waals surface area contributed by atoms with Gasteiger partial charge in [-0.2, -0.15) is 5.26 Å². The molecule has 0 saturated carbocycles. The van der Waals surface area contributed by atoms with Gasteiger partial charge in [-0.25, -0.2) is 0 Å². The first-order valence-electron chi connectivity index (χ1n) is 6.75. The fraction of sp³-hybridized carbons (Fsp3) is 0.400. The largest absolute Gasteiger partial charge is 0.325 e. The van der Waals surface area contributed by atoms with Crippen LogP contribution < -0.4 is 10.2 Å². The van der Waals surface area contributed by atoms with Gasteiger partial charge in [-0.3, -0.25) is 9.59 Å². The van der Waals surface area contributed by atoms with Crippen LogP contribution in [0.2, 0.25) is 0 Å². The van der Waals surface area contributed by atoms with Gasteiger partial charge in [0.1, 0.15) is 6.42 Å². The number of nitrogens with zero attached hydrogens (tertiary/aromatic N) is 2. The molecule has 1 aromatic rings. The van der Waals surface area contributed by atoms with Gasteiger partial charge in [-0.05, 0) is 30.5 Å². The summed E-state index contributed by atoms with van der Waals surface area (Å²) < 4.78 is 0. The van der Waals surface area contributed by atoms with Gasteiger partial charge in [-0.15, -0.1) is 0 Å². The normalized spacial score (nSPS) is 13.3. The van der Waals surface area contributed by atoms with Crippen LogP contribution in [0.15, 0.2) is 18.2 Å². The van der Waals surface area contributed by atoms with Gasteiger partial charge < -0.3 is 10.2 Å². The average molecular weight is 271 g/mol. The average Bonchev–Trinajstić information content (AvgIpc) is 2.46. The molecule has 1 aliphatic heterocycles. The number of hydrogen-bond acceptors (Lipinski definition) is 3. The Morgan fingerprint density at radius 2 is 2.25 bits per heavy atom. The number of anilines is 2. The highest BCUT2D eigenvalue weighted by Crippen LogP contribution is 2.30. The van der Waals surface area contributed by atoms with Crippen molar-refractivity contribution >= 4 is 23.2 Å². The Balaban J connectivity index is 2.26. The zero-order chi connectivity index (χ0) is 14.5. The molecule has 0 aliphatic carbocycles. The number of rotatable bonds is 3. The first-order valence-corrected chi connectivity index (χ1v) is 6.75. The number of benzene rings is 1. The van der Waals surface area contributed by atoms with Crippen LogP contribution in [0.3, 0.4) is 0 Å². The van der Waals surface area contributed by atoms with E-state index in [1.807, 2.05) is 31.2 Å². The predicted octanol–water partition coefficient (Wildman–Crippen LogP) is 2.23. The van der Waals surface area contributed by atoms with Crippen LogP contribution in [0.1, 0.15) is 31.7 Å². The number of fused-ring (bicyclic) bond motifs is 1. The number of hydrogen-bond donors (Lipinski definition) is 1. The van der Waals surface area contributed by atoms with Gasteiger partial charge in [0.15, 0.2) is 0 Å². The molecule has 2 amide bonds. The molecular formula is C15H17N3O2. The van der Waals surface area contributed by atoms with Crippen LogP contribution in [-0.2, 0) is 16.0 Å². The van der Waals surface area contributed by atoms with Gasteiger partial charge in [0, 0.05) is 24.3 Å². The monoisotopic (exact) mass is 271 g/mol. The third-order valence-corrected chi connectivity index (χ3v) is 3.33. The predicted molar refractivity (Wildman–Crippen MR) is 76.3 cm³/mol. The highest BCUT2D eigenvalue weighted by atomic mass is 16.2. The van der Waals surface area contributed by atoms with E-state index in [4.69, 9.17) is 5.26 Å². The lowest BCUT2D eigenvalue weighted by atomic mass is 10.0. The smallest absolute Gasteiger partial charge is 0.238 e. The molecule has 1 aliphatic rings. The van der Waals surface area contributed by atoms with E-state index < -0.39 is 0 Å². The standard InChI is InChI=1S/C15H17N3O2/c1-2-15(20)18-9-3-4-11-5-6-12(10-13(11)18)17-14(19)7-8-16/h5-6,10H,2-4,7,9H2,1H3,(H,17,19). The van der Waals surface area contributed by atoms with Crippen LogP contribution in [0, 0.1) is 11.3 Å². The van der Waals surface area contributed by atoms with Crippen molar-refractivity contribution < 1.29 is 9.59 Å².